The van der Waals surface area contributed by atoms with Gasteiger partial charge in [0.1, 0.15) is 11.5 Å². The van der Waals surface area contributed by atoms with Gasteiger partial charge in [0.2, 0.25) is 0 Å². The highest BCUT2D eigenvalue weighted by Crippen LogP contribution is 2.50. The van der Waals surface area contributed by atoms with Crippen LogP contribution in [0.3, 0.4) is 0 Å². The Morgan fingerprint density at radius 3 is 2.77 bits per heavy atom. The van der Waals surface area contributed by atoms with Crippen molar-refractivity contribution in [2.24, 2.45) is 11.7 Å². The van der Waals surface area contributed by atoms with Crippen LogP contribution in [0.4, 0.5) is 0 Å². The summed E-state index contributed by atoms with van der Waals surface area (Å²) in [6.45, 7) is 0.653. The molecule has 1 aromatic rings. The van der Waals surface area contributed by atoms with E-state index in [1.165, 1.54) is 12.1 Å². The number of hydrogen-bond donors (Lipinski definition) is 3. The normalized spacial score (nSPS) is 25.9. The van der Waals surface area contributed by atoms with Gasteiger partial charge in [-0.05, 0) is 43.0 Å². The molecule has 1 saturated carbocycles. The molecule has 4 N–H and O–H groups in total. The number of rotatable bonds is 2. The Morgan fingerprint density at radius 2 is 2.15 bits per heavy atom. The van der Waals surface area contributed by atoms with Crippen LogP contribution in [0.5, 0.6) is 11.5 Å². The molecule has 0 aliphatic heterocycles. The van der Waals surface area contributed by atoms with Crippen molar-refractivity contribution in [1.82, 2.24) is 0 Å². The maximum Gasteiger partial charge on any atom is 0.119 e. The average Bonchev–Trinajstić information content (AvgIpc) is 2.88. The number of phenolic OH excluding ortho intramolecular Hbond substituents is 2. The van der Waals surface area contributed by atoms with Crippen LogP contribution in [0.25, 0.3) is 0 Å². The zero-order valence-electron chi connectivity index (χ0n) is 7.27. The van der Waals surface area contributed by atoms with E-state index in [1.807, 2.05) is 0 Å². The van der Waals surface area contributed by atoms with E-state index in [0.717, 1.165) is 12.0 Å². The standard InChI is InChI=1S/C10H13NO2/c11-5-6-3-8(6)9-4-7(12)1-2-10(9)13/h1-2,4,6,8,12-13H,3,5,11H2/t6-,8+/m0/s1. The summed E-state index contributed by atoms with van der Waals surface area (Å²) in [6.07, 6.45) is 1.02. The molecular formula is C10H13NO2. The monoisotopic (exact) mass is 179 g/mol. The van der Waals surface area contributed by atoms with Gasteiger partial charge in [0.15, 0.2) is 0 Å². The third-order valence-corrected chi connectivity index (χ3v) is 2.64. The molecule has 0 saturated heterocycles. The molecule has 70 valence electrons. The zero-order valence-corrected chi connectivity index (χ0v) is 7.27. The van der Waals surface area contributed by atoms with E-state index in [1.54, 1.807) is 6.07 Å². The Kier molecular flexibility index (Phi) is 1.88. The van der Waals surface area contributed by atoms with Crippen LogP contribution in [-0.4, -0.2) is 16.8 Å². The topological polar surface area (TPSA) is 66.5 Å². The predicted molar refractivity (Wildman–Crippen MR) is 49.7 cm³/mol. The number of hydrogen-bond acceptors (Lipinski definition) is 3. The summed E-state index contributed by atoms with van der Waals surface area (Å²) in [5, 5.41) is 18.7. The van der Waals surface area contributed by atoms with Crippen molar-refractivity contribution in [2.45, 2.75) is 12.3 Å². The van der Waals surface area contributed by atoms with Gasteiger partial charge in [-0.3, -0.25) is 0 Å². The molecule has 0 amide bonds. The average molecular weight is 179 g/mol. The molecule has 3 heteroatoms. The van der Waals surface area contributed by atoms with Crippen molar-refractivity contribution in [1.29, 1.82) is 0 Å². The van der Waals surface area contributed by atoms with Crippen molar-refractivity contribution < 1.29 is 10.2 Å². The fraction of sp³-hybridized carbons (Fsp3) is 0.400. The molecular weight excluding hydrogens is 166 g/mol. The molecule has 3 nitrogen and oxygen atoms in total. The number of phenols is 2. The van der Waals surface area contributed by atoms with E-state index in [0.29, 0.717) is 18.4 Å². The first-order valence-electron chi connectivity index (χ1n) is 4.44. The minimum atomic E-state index is 0.204. The molecule has 0 heterocycles. The second-order valence-corrected chi connectivity index (χ2v) is 3.58. The SMILES string of the molecule is NC[C@@H]1C[C@H]1c1cc(O)ccc1O. The Labute approximate surface area is 76.8 Å². The maximum atomic E-state index is 9.51. The third kappa shape index (κ3) is 1.47. The molecule has 1 aliphatic carbocycles. The minimum Gasteiger partial charge on any atom is -0.508 e. The van der Waals surface area contributed by atoms with Crippen molar-refractivity contribution in [3.8, 4) is 11.5 Å². The fourth-order valence-corrected chi connectivity index (χ4v) is 1.73. The molecule has 1 aliphatic rings. The van der Waals surface area contributed by atoms with Crippen molar-refractivity contribution in [3.63, 3.8) is 0 Å². The lowest BCUT2D eigenvalue weighted by Gasteiger charge is -2.03. The molecule has 13 heavy (non-hydrogen) atoms. The molecule has 1 aromatic carbocycles. The first-order valence-corrected chi connectivity index (χ1v) is 4.44. The highest BCUT2D eigenvalue weighted by Gasteiger charge is 2.38. The highest BCUT2D eigenvalue weighted by molar-refractivity contribution is 5.43. The lowest BCUT2D eigenvalue weighted by Crippen LogP contribution is -2.01. The number of benzene rings is 1. The van der Waals surface area contributed by atoms with Gasteiger partial charge < -0.3 is 15.9 Å². The molecule has 0 aromatic heterocycles. The van der Waals surface area contributed by atoms with Crippen LogP contribution in [-0.2, 0) is 0 Å². The Hall–Kier alpha value is -1.22. The number of nitrogens with two attached hydrogens (primary N) is 1. The van der Waals surface area contributed by atoms with Crippen LogP contribution >= 0.6 is 0 Å². The summed E-state index contributed by atoms with van der Waals surface area (Å²) in [4.78, 5) is 0. The van der Waals surface area contributed by atoms with Crippen LogP contribution in [0.2, 0.25) is 0 Å². The Bertz CT molecular complexity index is 325. The second kappa shape index (κ2) is 2.92. The molecule has 0 unspecified atom stereocenters. The van der Waals surface area contributed by atoms with Crippen LogP contribution in [0, 0.1) is 5.92 Å². The third-order valence-electron chi connectivity index (χ3n) is 2.64. The second-order valence-electron chi connectivity index (χ2n) is 3.58. The maximum absolute atomic E-state index is 9.51. The van der Waals surface area contributed by atoms with Crippen LogP contribution < -0.4 is 5.73 Å². The molecule has 0 radical (unpaired) electrons. The van der Waals surface area contributed by atoms with Crippen LogP contribution in [0.15, 0.2) is 18.2 Å². The van der Waals surface area contributed by atoms with E-state index >= 15 is 0 Å². The lowest BCUT2D eigenvalue weighted by molar-refractivity contribution is 0.453. The highest BCUT2D eigenvalue weighted by atomic mass is 16.3. The van der Waals surface area contributed by atoms with Gasteiger partial charge in [-0.2, -0.15) is 0 Å². The van der Waals surface area contributed by atoms with Crippen molar-refractivity contribution >= 4 is 0 Å². The first kappa shape index (κ1) is 8.38. The minimum absolute atomic E-state index is 0.204. The van der Waals surface area contributed by atoms with E-state index in [4.69, 9.17) is 5.73 Å². The van der Waals surface area contributed by atoms with Gasteiger partial charge in [0, 0.05) is 5.56 Å². The predicted octanol–water partition coefficient (Wildman–Crippen LogP) is 1.16. The van der Waals surface area contributed by atoms with Gasteiger partial charge in [-0.25, -0.2) is 0 Å². The van der Waals surface area contributed by atoms with Crippen molar-refractivity contribution in [3.05, 3.63) is 23.8 Å². The molecule has 0 spiro atoms. The summed E-state index contributed by atoms with van der Waals surface area (Å²) in [5.41, 5.74) is 6.33. The smallest absolute Gasteiger partial charge is 0.119 e. The summed E-state index contributed by atoms with van der Waals surface area (Å²) >= 11 is 0. The Morgan fingerprint density at radius 1 is 1.38 bits per heavy atom. The zero-order chi connectivity index (χ0) is 9.42. The number of aromatic hydroxyl groups is 2. The largest absolute Gasteiger partial charge is 0.508 e. The lowest BCUT2D eigenvalue weighted by atomic mass is 10.1. The van der Waals surface area contributed by atoms with Crippen LogP contribution in [0.1, 0.15) is 17.9 Å². The van der Waals surface area contributed by atoms with E-state index in [9.17, 15) is 10.2 Å². The quantitative estimate of drug-likeness (QED) is 0.597. The van der Waals surface area contributed by atoms with Gasteiger partial charge in [0.05, 0.1) is 0 Å². The summed E-state index contributed by atoms with van der Waals surface area (Å²) in [7, 11) is 0. The fourth-order valence-electron chi connectivity index (χ4n) is 1.73. The van der Waals surface area contributed by atoms with Gasteiger partial charge >= 0.3 is 0 Å². The summed E-state index contributed by atoms with van der Waals surface area (Å²) in [5.74, 6) is 1.29. The van der Waals surface area contributed by atoms with Gasteiger partial charge in [-0.15, -0.1) is 0 Å². The molecule has 1 fully saturated rings. The molecule has 0 bridgehead atoms. The van der Waals surface area contributed by atoms with Crippen molar-refractivity contribution in [2.75, 3.05) is 6.54 Å². The molecule has 2 rings (SSSR count). The summed E-state index contributed by atoms with van der Waals surface area (Å²) in [6, 6.07) is 4.63. The van der Waals surface area contributed by atoms with E-state index in [-0.39, 0.29) is 11.5 Å². The van der Waals surface area contributed by atoms with E-state index < -0.39 is 0 Å². The van der Waals surface area contributed by atoms with Gasteiger partial charge in [-0.1, -0.05) is 0 Å². The summed E-state index contributed by atoms with van der Waals surface area (Å²) < 4.78 is 0. The first-order chi connectivity index (χ1) is 6.22. The molecule has 2 atom stereocenters. The Balaban J connectivity index is 2.25. The van der Waals surface area contributed by atoms with E-state index in [2.05, 4.69) is 0 Å². The van der Waals surface area contributed by atoms with Gasteiger partial charge in [0.25, 0.3) is 0 Å².